The summed E-state index contributed by atoms with van der Waals surface area (Å²) in [6.07, 6.45) is 1.30. The molecular weight excluding hydrogens is 302 g/mol. The zero-order valence-electron chi connectivity index (χ0n) is 13.7. The van der Waals surface area contributed by atoms with E-state index in [0.717, 1.165) is 11.1 Å². The van der Waals surface area contributed by atoms with Crippen molar-refractivity contribution in [1.82, 2.24) is 5.32 Å². The lowest BCUT2D eigenvalue weighted by Gasteiger charge is -2.37. The number of nitrogens with one attached hydrogen (secondary N) is 1. The molecule has 0 spiro atoms. The average molecular weight is 325 g/mol. The lowest BCUT2D eigenvalue weighted by atomic mass is 9.73. The fraction of sp³-hybridized carbons (Fsp3) is 0.350. The first kappa shape index (κ1) is 16.7. The van der Waals surface area contributed by atoms with Crippen molar-refractivity contribution in [2.75, 3.05) is 19.8 Å². The Hall–Kier alpha value is -2.17. The second-order valence-electron chi connectivity index (χ2n) is 6.18. The van der Waals surface area contributed by atoms with Gasteiger partial charge < -0.3 is 15.2 Å². The standard InChI is InChI=1S/C20H23NO3/c22-15-18(16-7-3-1-4-8-16)21-19(23)20(11-13-24-14-12-20)17-9-5-2-6-10-17/h1-10,18,22H,11-15H2,(H,21,23). The monoisotopic (exact) mass is 325 g/mol. The highest BCUT2D eigenvalue weighted by atomic mass is 16.5. The molecule has 2 aromatic carbocycles. The topological polar surface area (TPSA) is 58.6 Å². The normalized spacial score (nSPS) is 17.9. The molecule has 1 heterocycles. The molecule has 0 aliphatic carbocycles. The predicted molar refractivity (Wildman–Crippen MR) is 92.6 cm³/mol. The van der Waals surface area contributed by atoms with Crippen LogP contribution in [0.5, 0.6) is 0 Å². The minimum Gasteiger partial charge on any atom is -0.394 e. The van der Waals surface area contributed by atoms with Gasteiger partial charge in [-0.3, -0.25) is 4.79 Å². The van der Waals surface area contributed by atoms with E-state index in [2.05, 4.69) is 5.32 Å². The van der Waals surface area contributed by atoms with Gasteiger partial charge in [0, 0.05) is 13.2 Å². The van der Waals surface area contributed by atoms with Crippen molar-refractivity contribution in [1.29, 1.82) is 0 Å². The number of amides is 1. The second kappa shape index (κ2) is 7.60. The second-order valence-corrected chi connectivity index (χ2v) is 6.18. The summed E-state index contributed by atoms with van der Waals surface area (Å²) in [4.78, 5) is 13.2. The Bertz CT molecular complexity index is 651. The van der Waals surface area contributed by atoms with Crippen LogP contribution in [0.2, 0.25) is 0 Å². The summed E-state index contributed by atoms with van der Waals surface area (Å²) in [5.41, 5.74) is 1.32. The van der Waals surface area contributed by atoms with E-state index in [-0.39, 0.29) is 12.5 Å². The summed E-state index contributed by atoms with van der Waals surface area (Å²) < 4.78 is 5.48. The summed E-state index contributed by atoms with van der Waals surface area (Å²) in [7, 11) is 0. The van der Waals surface area contributed by atoms with E-state index in [0.29, 0.717) is 26.1 Å². The Morgan fingerprint density at radius 2 is 1.62 bits per heavy atom. The van der Waals surface area contributed by atoms with Gasteiger partial charge in [-0.15, -0.1) is 0 Å². The van der Waals surface area contributed by atoms with Crippen LogP contribution >= 0.6 is 0 Å². The van der Waals surface area contributed by atoms with E-state index < -0.39 is 11.5 Å². The molecule has 1 aliphatic rings. The molecule has 24 heavy (non-hydrogen) atoms. The number of benzene rings is 2. The maximum atomic E-state index is 13.2. The quantitative estimate of drug-likeness (QED) is 0.888. The van der Waals surface area contributed by atoms with Crippen LogP contribution < -0.4 is 5.32 Å². The Kier molecular flexibility index (Phi) is 5.28. The molecule has 1 aliphatic heterocycles. The minimum atomic E-state index is -0.596. The average Bonchev–Trinajstić information content (AvgIpc) is 2.67. The minimum absolute atomic E-state index is 0.0418. The number of rotatable bonds is 5. The molecule has 4 heteroatoms. The van der Waals surface area contributed by atoms with Crippen LogP contribution in [0.15, 0.2) is 60.7 Å². The third-order valence-electron chi connectivity index (χ3n) is 4.80. The molecule has 1 atom stereocenters. The molecule has 1 unspecified atom stereocenters. The smallest absolute Gasteiger partial charge is 0.231 e. The molecule has 2 N–H and O–H groups in total. The van der Waals surface area contributed by atoms with Crippen LogP contribution in [0, 0.1) is 0 Å². The van der Waals surface area contributed by atoms with Gasteiger partial charge in [0.1, 0.15) is 0 Å². The molecule has 0 saturated carbocycles. The van der Waals surface area contributed by atoms with Crippen LogP contribution in [-0.4, -0.2) is 30.8 Å². The summed E-state index contributed by atoms with van der Waals surface area (Å²) >= 11 is 0. The number of hydrogen-bond donors (Lipinski definition) is 2. The van der Waals surface area contributed by atoms with Crippen molar-refractivity contribution in [2.45, 2.75) is 24.3 Å². The molecule has 3 rings (SSSR count). The Labute approximate surface area is 142 Å². The Balaban J connectivity index is 1.86. The third kappa shape index (κ3) is 3.35. The van der Waals surface area contributed by atoms with Gasteiger partial charge >= 0.3 is 0 Å². The Morgan fingerprint density at radius 1 is 1.04 bits per heavy atom. The first-order valence-corrected chi connectivity index (χ1v) is 8.36. The van der Waals surface area contributed by atoms with E-state index in [1.54, 1.807) is 0 Å². The lowest BCUT2D eigenvalue weighted by molar-refractivity contribution is -0.131. The number of carbonyl (C=O) groups excluding carboxylic acids is 1. The number of aliphatic hydroxyl groups excluding tert-OH is 1. The molecule has 4 nitrogen and oxygen atoms in total. The molecule has 1 fully saturated rings. The number of hydrogen-bond acceptors (Lipinski definition) is 3. The molecule has 0 aromatic heterocycles. The van der Waals surface area contributed by atoms with Crippen molar-refractivity contribution in [2.24, 2.45) is 0 Å². The fourth-order valence-electron chi connectivity index (χ4n) is 3.34. The number of ether oxygens (including phenoxy) is 1. The maximum absolute atomic E-state index is 13.2. The zero-order chi connectivity index (χ0) is 16.8. The molecule has 126 valence electrons. The van der Waals surface area contributed by atoms with Gasteiger partial charge in [0.05, 0.1) is 18.1 Å². The van der Waals surface area contributed by atoms with Gasteiger partial charge in [0.25, 0.3) is 0 Å². The highest BCUT2D eigenvalue weighted by molar-refractivity contribution is 5.88. The number of aliphatic hydroxyl groups is 1. The fourth-order valence-corrected chi connectivity index (χ4v) is 3.34. The van der Waals surface area contributed by atoms with Crippen molar-refractivity contribution in [3.8, 4) is 0 Å². The van der Waals surface area contributed by atoms with Gasteiger partial charge in [-0.2, -0.15) is 0 Å². The molecule has 2 aromatic rings. The highest BCUT2D eigenvalue weighted by Crippen LogP contribution is 2.35. The van der Waals surface area contributed by atoms with Gasteiger partial charge in [0.15, 0.2) is 0 Å². The molecule has 1 amide bonds. The lowest BCUT2D eigenvalue weighted by Crippen LogP contribution is -2.49. The van der Waals surface area contributed by atoms with E-state index >= 15 is 0 Å². The van der Waals surface area contributed by atoms with Crippen molar-refractivity contribution < 1.29 is 14.6 Å². The maximum Gasteiger partial charge on any atom is 0.231 e. The van der Waals surface area contributed by atoms with Gasteiger partial charge in [-0.1, -0.05) is 60.7 Å². The third-order valence-corrected chi connectivity index (χ3v) is 4.80. The van der Waals surface area contributed by atoms with E-state index in [4.69, 9.17) is 4.74 Å². The van der Waals surface area contributed by atoms with Crippen molar-refractivity contribution >= 4 is 5.91 Å². The summed E-state index contributed by atoms with van der Waals surface area (Å²) in [6.45, 7) is 1.01. The summed E-state index contributed by atoms with van der Waals surface area (Å²) in [5, 5.41) is 12.8. The first-order valence-electron chi connectivity index (χ1n) is 8.36. The zero-order valence-corrected chi connectivity index (χ0v) is 13.7. The van der Waals surface area contributed by atoms with E-state index in [1.165, 1.54) is 0 Å². The SMILES string of the molecule is O=C(NC(CO)c1ccccc1)C1(c2ccccc2)CCOCC1. The largest absolute Gasteiger partial charge is 0.394 e. The van der Waals surface area contributed by atoms with Crippen molar-refractivity contribution in [3.63, 3.8) is 0 Å². The summed E-state index contributed by atoms with van der Waals surface area (Å²) in [5.74, 6) is -0.0418. The van der Waals surface area contributed by atoms with E-state index in [9.17, 15) is 9.90 Å². The Morgan fingerprint density at radius 3 is 2.21 bits per heavy atom. The van der Waals surface area contributed by atoms with Gasteiger partial charge in [-0.25, -0.2) is 0 Å². The molecule has 1 saturated heterocycles. The first-order chi connectivity index (χ1) is 11.8. The van der Waals surface area contributed by atoms with Crippen molar-refractivity contribution in [3.05, 3.63) is 71.8 Å². The van der Waals surface area contributed by atoms with Gasteiger partial charge in [-0.05, 0) is 24.0 Å². The predicted octanol–water partition coefficient (Wildman–Crippen LogP) is 2.58. The summed E-state index contributed by atoms with van der Waals surface area (Å²) in [6, 6.07) is 19.0. The van der Waals surface area contributed by atoms with Crippen LogP contribution in [0.3, 0.4) is 0 Å². The molecular formula is C20H23NO3. The molecule has 0 bridgehead atoms. The van der Waals surface area contributed by atoms with Crippen LogP contribution in [0.25, 0.3) is 0 Å². The molecule has 0 radical (unpaired) electrons. The van der Waals surface area contributed by atoms with Gasteiger partial charge in [0.2, 0.25) is 5.91 Å². The van der Waals surface area contributed by atoms with Crippen LogP contribution in [0.1, 0.15) is 30.0 Å². The van der Waals surface area contributed by atoms with Crippen LogP contribution in [-0.2, 0) is 14.9 Å². The number of carbonyl (C=O) groups is 1. The van der Waals surface area contributed by atoms with Crippen LogP contribution in [0.4, 0.5) is 0 Å². The highest BCUT2D eigenvalue weighted by Gasteiger charge is 2.42. The van der Waals surface area contributed by atoms with E-state index in [1.807, 2.05) is 60.7 Å².